The van der Waals surface area contributed by atoms with Gasteiger partial charge in [-0.1, -0.05) is 18.2 Å². The Kier molecular flexibility index (Phi) is 3.62. The van der Waals surface area contributed by atoms with Gasteiger partial charge >= 0.3 is 0 Å². The van der Waals surface area contributed by atoms with Gasteiger partial charge in [0.05, 0.1) is 19.5 Å². The Hall–Kier alpha value is -2.61. The van der Waals surface area contributed by atoms with Gasteiger partial charge in [0.2, 0.25) is 5.78 Å². The minimum atomic E-state index is -0.911. The van der Waals surface area contributed by atoms with E-state index in [1.54, 1.807) is 42.1 Å². The highest BCUT2D eigenvalue weighted by molar-refractivity contribution is 6.01. The standard InChI is InChI=1S/C14H13N3O2/c1-17-8-12(16-9-17)14(18)11(7-15)10-5-3-4-6-13(10)19-2/h3-6,8-9,11H,1-2H3. The molecule has 0 amide bonds. The third-order valence-corrected chi connectivity index (χ3v) is 2.80. The number of aromatic nitrogens is 2. The minimum absolute atomic E-state index is 0.278. The molecule has 96 valence electrons. The molecule has 0 saturated carbocycles. The SMILES string of the molecule is COc1ccccc1C(C#N)C(=O)c1cn(C)cn1. The average Bonchev–Trinajstić information content (AvgIpc) is 2.86. The predicted molar refractivity (Wildman–Crippen MR) is 68.9 cm³/mol. The lowest BCUT2D eigenvalue weighted by atomic mass is 9.94. The third-order valence-electron chi connectivity index (χ3n) is 2.80. The molecule has 1 unspecified atom stereocenters. The van der Waals surface area contributed by atoms with E-state index in [-0.39, 0.29) is 11.5 Å². The van der Waals surface area contributed by atoms with E-state index in [0.717, 1.165) is 0 Å². The molecule has 5 heteroatoms. The summed E-state index contributed by atoms with van der Waals surface area (Å²) in [5, 5.41) is 9.28. The first-order valence-electron chi connectivity index (χ1n) is 5.72. The number of imidazole rings is 1. The van der Waals surface area contributed by atoms with Crippen molar-refractivity contribution in [2.45, 2.75) is 5.92 Å². The molecule has 5 nitrogen and oxygen atoms in total. The number of nitrogens with zero attached hydrogens (tertiary/aromatic N) is 3. The van der Waals surface area contributed by atoms with Crippen LogP contribution in [0.4, 0.5) is 0 Å². The van der Waals surface area contributed by atoms with Gasteiger partial charge in [-0.15, -0.1) is 0 Å². The molecule has 0 radical (unpaired) electrons. The number of para-hydroxylation sites is 1. The second-order valence-corrected chi connectivity index (χ2v) is 4.09. The van der Waals surface area contributed by atoms with Crippen LogP contribution < -0.4 is 4.74 Å². The van der Waals surface area contributed by atoms with E-state index in [1.165, 1.54) is 13.4 Å². The monoisotopic (exact) mass is 255 g/mol. The van der Waals surface area contributed by atoms with Gasteiger partial charge in [0.1, 0.15) is 17.4 Å². The lowest BCUT2D eigenvalue weighted by Crippen LogP contribution is -2.12. The zero-order valence-electron chi connectivity index (χ0n) is 10.7. The number of methoxy groups -OCH3 is 1. The summed E-state index contributed by atoms with van der Waals surface area (Å²) in [6.45, 7) is 0. The van der Waals surface area contributed by atoms with Crippen LogP contribution in [0.15, 0.2) is 36.8 Å². The summed E-state index contributed by atoms with van der Waals surface area (Å²) < 4.78 is 6.86. The largest absolute Gasteiger partial charge is 0.496 e. The van der Waals surface area contributed by atoms with Gasteiger partial charge < -0.3 is 9.30 Å². The van der Waals surface area contributed by atoms with Gasteiger partial charge in [0, 0.05) is 18.8 Å². The topological polar surface area (TPSA) is 67.9 Å². The Labute approximate surface area is 111 Å². The molecule has 1 atom stereocenters. The van der Waals surface area contributed by atoms with E-state index >= 15 is 0 Å². The number of ketones is 1. The van der Waals surface area contributed by atoms with Crippen LogP contribution in [0.25, 0.3) is 0 Å². The lowest BCUT2D eigenvalue weighted by Gasteiger charge is -2.11. The number of ether oxygens (including phenoxy) is 1. The maximum atomic E-state index is 12.3. The van der Waals surface area contributed by atoms with Gasteiger partial charge in [-0.3, -0.25) is 4.79 Å². The molecular weight excluding hydrogens is 242 g/mol. The Morgan fingerprint density at radius 3 is 2.79 bits per heavy atom. The second-order valence-electron chi connectivity index (χ2n) is 4.09. The molecule has 2 rings (SSSR count). The molecule has 0 fully saturated rings. The van der Waals surface area contributed by atoms with Crippen LogP contribution in [0.1, 0.15) is 22.0 Å². The summed E-state index contributed by atoms with van der Waals surface area (Å²) in [5.41, 5.74) is 0.836. The number of Topliss-reactive ketones (excluding diaryl/α,β-unsaturated/α-hetero) is 1. The first-order valence-corrected chi connectivity index (χ1v) is 5.72. The number of benzene rings is 1. The van der Waals surface area contributed by atoms with Gasteiger partial charge in [-0.05, 0) is 6.07 Å². The molecule has 0 spiro atoms. The molecule has 0 aliphatic heterocycles. The van der Waals surface area contributed by atoms with Gasteiger partial charge in [-0.2, -0.15) is 5.26 Å². The zero-order chi connectivity index (χ0) is 13.8. The number of rotatable bonds is 4. The quantitative estimate of drug-likeness (QED) is 0.783. The summed E-state index contributed by atoms with van der Waals surface area (Å²) >= 11 is 0. The third kappa shape index (κ3) is 2.47. The highest BCUT2D eigenvalue weighted by Gasteiger charge is 2.26. The van der Waals surface area contributed by atoms with Crippen LogP contribution in [-0.4, -0.2) is 22.4 Å². The molecule has 0 aliphatic rings. The molecule has 0 N–H and O–H groups in total. The van der Waals surface area contributed by atoms with Crippen LogP contribution in [0.5, 0.6) is 5.75 Å². The van der Waals surface area contributed by atoms with E-state index in [4.69, 9.17) is 4.74 Å². The van der Waals surface area contributed by atoms with E-state index in [0.29, 0.717) is 11.3 Å². The van der Waals surface area contributed by atoms with Crippen molar-refractivity contribution in [2.24, 2.45) is 7.05 Å². The maximum Gasteiger partial charge on any atom is 0.204 e. The normalized spacial score (nSPS) is 11.6. The van der Waals surface area contributed by atoms with Crippen molar-refractivity contribution in [1.29, 1.82) is 5.26 Å². The summed E-state index contributed by atoms with van der Waals surface area (Å²) in [5.74, 6) is -0.711. The van der Waals surface area contributed by atoms with Crippen molar-refractivity contribution in [1.82, 2.24) is 9.55 Å². The fourth-order valence-electron chi connectivity index (χ4n) is 1.86. The second kappa shape index (κ2) is 5.36. The summed E-state index contributed by atoms with van der Waals surface area (Å²) in [4.78, 5) is 16.3. The first kappa shape index (κ1) is 12.8. The molecular formula is C14H13N3O2. The van der Waals surface area contributed by atoms with Crippen LogP contribution in [0.3, 0.4) is 0 Å². The molecule has 0 bridgehead atoms. The Morgan fingerprint density at radius 1 is 1.47 bits per heavy atom. The Morgan fingerprint density at radius 2 is 2.21 bits per heavy atom. The number of carbonyl (C=O) groups excluding carboxylic acids is 1. The molecule has 19 heavy (non-hydrogen) atoms. The van der Waals surface area contributed by atoms with Crippen LogP contribution in [-0.2, 0) is 7.05 Å². The van der Waals surface area contributed by atoms with E-state index < -0.39 is 5.92 Å². The van der Waals surface area contributed by atoms with Crippen LogP contribution in [0.2, 0.25) is 0 Å². The smallest absolute Gasteiger partial charge is 0.204 e. The van der Waals surface area contributed by atoms with E-state index in [2.05, 4.69) is 4.98 Å². The average molecular weight is 255 g/mol. The zero-order valence-corrected chi connectivity index (χ0v) is 10.7. The lowest BCUT2D eigenvalue weighted by molar-refractivity contribution is 0.0973. The van der Waals surface area contributed by atoms with Crippen LogP contribution >= 0.6 is 0 Å². The number of aryl methyl sites for hydroxylation is 1. The first-order chi connectivity index (χ1) is 9.17. The fraction of sp³-hybridized carbons (Fsp3) is 0.214. The molecule has 1 aromatic heterocycles. The fourth-order valence-corrected chi connectivity index (χ4v) is 1.86. The van der Waals surface area contributed by atoms with Crippen molar-refractivity contribution in [2.75, 3.05) is 7.11 Å². The van der Waals surface area contributed by atoms with Crippen LogP contribution in [0, 0.1) is 11.3 Å². The summed E-state index contributed by atoms with van der Waals surface area (Å²) in [6, 6.07) is 9.03. The summed E-state index contributed by atoms with van der Waals surface area (Å²) in [7, 11) is 3.28. The summed E-state index contributed by atoms with van der Waals surface area (Å²) in [6.07, 6.45) is 3.13. The molecule has 1 heterocycles. The highest BCUT2D eigenvalue weighted by atomic mass is 16.5. The molecule has 2 aromatic rings. The van der Waals surface area contributed by atoms with Crippen molar-refractivity contribution in [3.05, 3.63) is 48.0 Å². The van der Waals surface area contributed by atoms with Gasteiger partial charge in [-0.25, -0.2) is 4.98 Å². The Balaban J connectivity index is 2.40. The number of carbonyl (C=O) groups is 1. The molecule has 0 saturated heterocycles. The van der Waals surface area contributed by atoms with E-state index in [1.807, 2.05) is 6.07 Å². The van der Waals surface area contributed by atoms with Gasteiger partial charge in [0.25, 0.3) is 0 Å². The number of hydrogen-bond donors (Lipinski definition) is 0. The van der Waals surface area contributed by atoms with Crippen molar-refractivity contribution in [3.8, 4) is 11.8 Å². The van der Waals surface area contributed by atoms with Gasteiger partial charge in [0.15, 0.2) is 0 Å². The minimum Gasteiger partial charge on any atom is -0.496 e. The predicted octanol–water partition coefficient (Wildman–Crippen LogP) is 1.92. The number of nitriles is 1. The Bertz CT molecular complexity index is 640. The van der Waals surface area contributed by atoms with E-state index in [9.17, 15) is 10.1 Å². The van der Waals surface area contributed by atoms with Crippen molar-refractivity contribution < 1.29 is 9.53 Å². The molecule has 1 aromatic carbocycles. The maximum absolute atomic E-state index is 12.3. The number of hydrogen-bond acceptors (Lipinski definition) is 4. The highest BCUT2D eigenvalue weighted by Crippen LogP contribution is 2.28. The van der Waals surface area contributed by atoms with Crippen molar-refractivity contribution >= 4 is 5.78 Å². The van der Waals surface area contributed by atoms with Crippen molar-refractivity contribution in [3.63, 3.8) is 0 Å². The molecule has 0 aliphatic carbocycles.